The summed E-state index contributed by atoms with van der Waals surface area (Å²) in [5.74, 6) is 1.68. The molecule has 9 heteroatoms. The van der Waals surface area contributed by atoms with Gasteiger partial charge in [0.15, 0.2) is 12.6 Å². The molecule has 1 saturated heterocycles. The zero-order chi connectivity index (χ0) is 20.8. The van der Waals surface area contributed by atoms with Crippen molar-refractivity contribution in [3.05, 3.63) is 42.3 Å². The van der Waals surface area contributed by atoms with Gasteiger partial charge >= 0.3 is 0 Å². The van der Waals surface area contributed by atoms with Gasteiger partial charge in [-0.1, -0.05) is 17.3 Å². The molecule has 1 aromatic carbocycles. The van der Waals surface area contributed by atoms with Gasteiger partial charge in [0, 0.05) is 58.9 Å². The van der Waals surface area contributed by atoms with Gasteiger partial charge in [0.05, 0.1) is 11.4 Å². The fourth-order valence-electron chi connectivity index (χ4n) is 3.83. The quantitative estimate of drug-likeness (QED) is 0.433. The highest BCUT2D eigenvalue weighted by atomic mass is 16.5. The fraction of sp³-hybridized carbons (Fsp3) is 0.476. The van der Waals surface area contributed by atoms with E-state index >= 15 is 0 Å². The van der Waals surface area contributed by atoms with Gasteiger partial charge in [0.1, 0.15) is 12.0 Å². The lowest BCUT2D eigenvalue weighted by Crippen LogP contribution is -2.52. The Kier molecular flexibility index (Phi) is 6.48. The molecule has 4 rings (SSSR count). The molecule has 0 aliphatic carbocycles. The highest BCUT2D eigenvalue weighted by Crippen LogP contribution is 2.31. The number of nitrogens with zero attached hydrogens (tertiary/aromatic N) is 5. The zero-order valence-electron chi connectivity index (χ0n) is 17.3. The average molecular weight is 412 g/mol. The van der Waals surface area contributed by atoms with Crippen LogP contribution in [-0.2, 0) is 11.3 Å². The molecule has 1 N–H and O–H groups in total. The number of piperazine rings is 1. The van der Waals surface area contributed by atoms with E-state index in [2.05, 4.69) is 25.3 Å². The molecule has 9 nitrogen and oxygen atoms in total. The number of benzene rings is 1. The van der Waals surface area contributed by atoms with Crippen LogP contribution in [0.15, 0.2) is 46.1 Å². The third kappa shape index (κ3) is 4.73. The molecule has 2 aliphatic heterocycles. The molecule has 1 fully saturated rings. The first-order chi connectivity index (χ1) is 14.7. The number of carbonyl (C=O) groups excluding carboxylic acids is 1. The van der Waals surface area contributed by atoms with Gasteiger partial charge in [0.25, 0.3) is 5.91 Å². The number of guanidine groups is 1. The van der Waals surface area contributed by atoms with E-state index in [1.807, 2.05) is 42.3 Å². The maximum Gasteiger partial charge on any atom is 0.265 e. The Morgan fingerprint density at radius 2 is 2.03 bits per heavy atom. The summed E-state index contributed by atoms with van der Waals surface area (Å²) in [7, 11) is 1.81. The largest absolute Gasteiger partial charge is 0.482 e. The van der Waals surface area contributed by atoms with Crippen molar-refractivity contribution in [1.29, 1.82) is 0 Å². The van der Waals surface area contributed by atoms with Crippen molar-refractivity contribution < 1.29 is 14.1 Å². The number of fused-ring (bicyclic) bond motifs is 1. The molecule has 1 amide bonds. The van der Waals surface area contributed by atoms with Crippen LogP contribution in [0.2, 0.25) is 0 Å². The number of ether oxygens (including phenoxy) is 1. The number of aliphatic imine (C=N–C) groups is 1. The van der Waals surface area contributed by atoms with Crippen LogP contribution in [0.3, 0.4) is 0 Å². The predicted octanol–water partition coefficient (Wildman–Crippen LogP) is 1.18. The molecule has 160 valence electrons. The molecular weight excluding hydrogens is 384 g/mol. The molecule has 0 bridgehead atoms. The van der Waals surface area contributed by atoms with Crippen LogP contribution in [0.4, 0.5) is 5.69 Å². The van der Waals surface area contributed by atoms with E-state index in [-0.39, 0.29) is 12.5 Å². The second-order valence-electron chi connectivity index (χ2n) is 7.38. The Morgan fingerprint density at radius 1 is 1.20 bits per heavy atom. The average Bonchev–Trinajstić information content (AvgIpc) is 3.29. The molecule has 2 aromatic rings. The van der Waals surface area contributed by atoms with Gasteiger partial charge in [-0.3, -0.25) is 14.7 Å². The molecule has 0 radical (unpaired) electrons. The monoisotopic (exact) mass is 412 g/mol. The minimum atomic E-state index is 0.00122. The second-order valence-corrected chi connectivity index (χ2v) is 7.38. The summed E-state index contributed by atoms with van der Waals surface area (Å²) in [5, 5.41) is 7.43. The Bertz CT molecular complexity index is 861. The number of para-hydroxylation sites is 2. The van der Waals surface area contributed by atoms with Gasteiger partial charge < -0.3 is 24.4 Å². The molecule has 0 unspecified atom stereocenters. The maximum absolute atomic E-state index is 12.3. The number of amides is 1. The Hall–Kier alpha value is -3.07. The van der Waals surface area contributed by atoms with E-state index in [0.717, 1.165) is 68.8 Å². The lowest BCUT2D eigenvalue weighted by atomic mass is 10.2. The molecule has 3 heterocycles. The SMILES string of the molecule is CN=C(NCCCN1C(=O)COc2ccccc21)N1CCN(Cc2ccon2)CC1. The summed E-state index contributed by atoms with van der Waals surface area (Å²) >= 11 is 0. The lowest BCUT2D eigenvalue weighted by Gasteiger charge is -2.36. The van der Waals surface area contributed by atoms with Gasteiger partial charge in [-0.2, -0.15) is 0 Å². The predicted molar refractivity (Wildman–Crippen MR) is 114 cm³/mol. The smallest absolute Gasteiger partial charge is 0.265 e. The zero-order valence-corrected chi connectivity index (χ0v) is 17.3. The van der Waals surface area contributed by atoms with Crippen molar-refractivity contribution in [2.75, 3.05) is 57.8 Å². The minimum Gasteiger partial charge on any atom is -0.482 e. The molecule has 30 heavy (non-hydrogen) atoms. The van der Waals surface area contributed by atoms with Crippen molar-refractivity contribution in [1.82, 2.24) is 20.3 Å². The third-order valence-corrected chi connectivity index (χ3v) is 5.41. The standard InChI is InChI=1S/C21H28N6O3/c1-22-21(26-12-10-25(11-13-26)15-17-7-14-30-24-17)23-8-4-9-27-18-5-2-3-6-19(18)29-16-20(27)28/h2-3,5-7,14H,4,8-13,15-16H2,1H3,(H,22,23). The van der Waals surface area contributed by atoms with Crippen molar-refractivity contribution >= 4 is 17.6 Å². The molecule has 0 atom stereocenters. The first-order valence-electron chi connectivity index (χ1n) is 10.3. The van der Waals surface area contributed by atoms with Crippen LogP contribution in [-0.4, -0.2) is 79.7 Å². The van der Waals surface area contributed by atoms with Crippen LogP contribution in [0.5, 0.6) is 5.75 Å². The van der Waals surface area contributed by atoms with Gasteiger partial charge in [-0.25, -0.2) is 0 Å². The Morgan fingerprint density at radius 3 is 2.80 bits per heavy atom. The van der Waals surface area contributed by atoms with Gasteiger partial charge in [0.2, 0.25) is 0 Å². The van der Waals surface area contributed by atoms with Crippen LogP contribution < -0.4 is 15.0 Å². The summed E-state index contributed by atoms with van der Waals surface area (Å²) in [6.07, 6.45) is 2.44. The van der Waals surface area contributed by atoms with Crippen molar-refractivity contribution in [3.8, 4) is 5.75 Å². The fourth-order valence-corrected chi connectivity index (χ4v) is 3.83. The second kappa shape index (κ2) is 9.62. The first-order valence-corrected chi connectivity index (χ1v) is 10.3. The number of aromatic nitrogens is 1. The highest BCUT2D eigenvalue weighted by Gasteiger charge is 2.25. The van der Waals surface area contributed by atoms with E-state index in [9.17, 15) is 4.79 Å². The van der Waals surface area contributed by atoms with Crippen LogP contribution in [0, 0.1) is 0 Å². The molecular formula is C21H28N6O3. The van der Waals surface area contributed by atoms with Crippen LogP contribution in [0.1, 0.15) is 12.1 Å². The Balaban J connectivity index is 1.22. The van der Waals surface area contributed by atoms with E-state index in [0.29, 0.717) is 6.54 Å². The molecule has 1 aromatic heterocycles. The summed E-state index contributed by atoms with van der Waals surface area (Å²) < 4.78 is 10.4. The summed E-state index contributed by atoms with van der Waals surface area (Å²) in [6, 6.07) is 9.58. The van der Waals surface area contributed by atoms with Crippen molar-refractivity contribution in [2.45, 2.75) is 13.0 Å². The molecule has 2 aliphatic rings. The summed E-state index contributed by atoms with van der Waals surface area (Å²) in [6.45, 7) is 6.03. The number of rotatable bonds is 6. The number of nitrogens with one attached hydrogen (secondary N) is 1. The van der Waals surface area contributed by atoms with Crippen LogP contribution >= 0.6 is 0 Å². The number of carbonyl (C=O) groups is 1. The lowest BCUT2D eigenvalue weighted by molar-refractivity contribution is -0.121. The van der Waals surface area contributed by atoms with E-state index in [1.165, 1.54) is 0 Å². The van der Waals surface area contributed by atoms with Crippen LogP contribution in [0.25, 0.3) is 0 Å². The van der Waals surface area contributed by atoms with Gasteiger partial charge in [-0.05, 0) is 18.6 Å². The summed E-state index contributed by atoms with van der Waals surface area (Å²) in [4.78, 5) is 23.1. The highest BCUT2D eigenvalue weighted by molar-refractivity contribution is 5.97. The third-order valence-electron chi connectivity index (χ3n) is 5.41. The molecule has 0 saturated carbocycles. The number of hydrogen-bond acceptors (Lipinski definition) is 6. The number of hydrogen-bond donors (Lipinski definition) is 1. The first kappa shape index (κ1) is 20.2. The van der Waals surface area contributed by atoms with E-state index in [4.69, 9.17) is 9.26 Å². The van der Waals surface area contributed by atoms with Crippen molar-refractivity contribution in [3.63, 3.8) is 0 Å². The van der Waals surface area contributed by atoms with E-state index < -0.39 is 0 Å². The number of anilines is 1. The van der Waals surface area contributed by atoms with Gasteiger partial charge in [-0.15, -0.1) is 0 Å². The molecule has 0 spiro atoms. The topological polar surface area (TPSA) is 86.4 Å². The summed E-state index contributed by atoms with van der Waals surface area (Å²) in [5.41, 5.74) is 1.81. The van der Waals surface area contributed by atoms with Crippen molar-refractivity contribution in [2.24, 2.45) is 4.99 Å². The minimum absolute atomic E-state index is 0.00122. The normalized spacial score (nSPS) is 17.6. The van der Waals surface area contributed by atoms with E-state index in [1.54, 1.807) is 6.26 Å². The maximum atomic E-state index is 12.3. The Labute approximate surface area is 176 Å².